The molecule has 0 atom stereocenters. The summed E-state index contributed by atoms with van der Waals surface area (Å²) in [5.74, 6) is -0.0374. The molecule has 2 aromatic rings. The lowest BCUT2D eigenvalue weighted by atomic mass is 10.4. The first-order chi connectivity index (χ1) is 8.19. The van der Waals surface area contributed by atoms with Gasteiger partial charge in [-0.1, -0.05) is 5.16 Å². The van der Waals surface area contributed by atoms with Crippen molar-refractivity contribution in [2.75, 3.05) is 0 Å². The van der Waals surface area contributed by atoms with Gasteiger partial charge in [0.05, 0.1) is 0 Å². The van der Waals surface area contributed by atoms with E-state index in [-0.39, 0.29) is 5.84 Å². The van der Waals surface area contributed by atoms with Crippen molar-refractivity contribution in [1.29, 1.82) is 0 Å². The summed E-state index contributed by atoms with van der Waals surface area (Å²) in [5, 5.41) is 13.9. The summed E-state index contributed by atoms with van der Waals surface area (Å²) in [5.41, 5.74) is 6.80. The van der Waals surface area contributed by atoms with E-state index >= 15 is 0 Å². The van der Waals surface area contributed by atoms with Crippen LogP contribution in [0.15, 0.2) is 32.3 Å². The van der Waals surface area contributed by atoms with Crippen LogP contribution >= 0.6 is 23.1 Å². The van der Waals surface area contributed by atoms with E-state index in [9.17, 15) is 0 Å². The van der Waals surface area contributed by atoms with Crippen molar-refractivity contribution in [3.05, 3.63) is 29.0 Å². The predicted molar refractivity (Wildman–Crippen MR) is 65.5 cm³/mol. The van der Waals surface area contributed by atoms with Crippen LogP contribution in [0.3, 0.4) is 0 Å². The molecule has 2 heterocycles. The van der Waals surface area contributed by atoms with Crippen molar-refractivity contribution in [2.24, 2.45) is 10.9 Å². The molecule has 6 nitrogen and oxygen atoms in total. The van der Waals surface area contributed by atoms with Gasteiger partial charge in [-0.3, -0.25) is 0 Å². The van der Waals surface area contributed by atoms with E-state index in [2.05, 4.69) is 20.1 Å². The molecule has 0 aliphatic heterocycles. The topological polar surface area (TPSA) is 97.3 Å². The Balaban J connectivity index is 2.22. The zero-order chi connectivity index (χ0) is 12.3. The summed E-state index contributed by atoms with van der Waals surface area (Å²) >= 11 is 2.87. The number of hydrogen-bond acceptors (Lipinski definition) is 7. The Hall–Kier alpha value is -1.67. The van der Waals surface area contributed by atoms with Crippen molar-refractivity contribution in [3.8, 4) is 0 Å². The Morgan fingerprint density at radius 3 is 3.00 bits per heavy atom. The fourth-order valence-corrected chi connectivity index (χ4v) is 2.73. The van der Waals surface area contributed by atoms with Gasteiger partial charge in [-0.15, -0.1) is 11.3 Å². The fraction of sp³-hybridized carbons (Fsp3) is 0.111. The summed E-state index contributed by atoms with van der Waals surface area (Å²) in [7, 11) is 0. The third-order valence-electron chi connectivity index (χ3n) is 1.78. The van der Waals surface area contributed by atoms with E-state index in [1.165, 1.54) is 23.1 Å². The minimum absolute atomic E-state index is 0.0374. The van der Waals surface area contributed by atoms with Gasteiger partial charge in [-0.2, -0.15) is 0 Å². The average Bonchev–Trinajstić information content (AvgIpc) is 2.74. The largest absolute Gasteiger partial charge is 0.409 e. The Morgan fingerprint density at radius 1 is 1.53 bits per heavy atom. The normalized spacial score (nSPS) is 11.7. The number of amidine groups is 1. The van der Waals surface area contributed by atoms with Gasteiger partial charge in [0, 0.05) is 17.3 Å². The zero-order valence-electron chi connectivity index (χ0n) is 8.86. The van der Waals surface area contributed by atoms with Crippen LogP contribution in [0.4, 0.5) is 0 Å². The van der Waals surface area contributed by atoms with Gasteiger partial charge in [0.15, 0.2) is 15.3 Å². The number of nitrogens with zero attached hydrogens (tertiary/aromatic N) is 4. The lowest BCUT2D eigenvalue weighted by molar-refractivity contribution is 0.318. The van der Waals surface area contributed by atoms with Crippen LogP contribution in [0.2, 0.25) is 0 Å². The number of aryl methyl sites for hydroxylation is 1. The number of rotatable bonds is 3. The first kappa shape index (κ1) is 11.8. The Bertz CT molecular complexity index is 554. The lowest BCUT2D eigenvalue weighted by Crippen LogP contribution is -2.15. The summed E-state index contributed by atoms with van der Waals surface area (Å²) < 4.78 is 0.860. The summed E-state index contributed by atoms with van der Waals surface area (Å²) in [6.07, 6.45) is 1.56. The summed E-state index contributed by atoms with van der Waals surface area (Å²) in [6, 6.07) is 1.58. The first-order valence-electron chi connectivity index (χ1n) is 4.60. The zero-order valence-corrected chi connectivity index (χ0v) is 10.5. The molecule has 0 saturated carbocycles. The van der Waals surface area contributed by atoms with Crippen LogP contribution in [0.1, 0.15) is 11.4 Å². The highest BCUT2D eigenvalue weighted by molar-refractivity contribution is 8.00. The molecule has 0 fully saturated rings. The maximum absolute atomic E-state index is 8.56. The molecule has 0 aromatic carbocycles. The van der Waals surface area contributed by atoms with Gasteiger partial charge in [0.25, 0.3) is 0 Å². The van der Waals surface area contributed by atoms with Crippen molar-refractivity contribution < 1.29 is 5.21 Å². The minimum atomic E-state index is -0.0374. The molecule has 3 N–H and O–H groups in total. The van der Waals surface area contributed by atoms with E-state index in [4.69, 9.17) is 10.9 Å². The third kappa shape index (κ3) is 2.92. The highest BCUT2D eigenvalue weighted by atomic mass is 32.2. The van der Waals surface area contributed by atoms with Crippen LogP contribution < -0.4 is 5.73 Å². The molecule has 0 aliphatic carbocycles. The quantitative estimate of drug-likeness (QED) is 0.287. The lowest BCUT2D eigenvalue weighted by Gasteiger charge is -1.99. The van der Waals surface area contributed by atoms with Gasteiger partial charge in [-0.25, -0.2) is 15.0 Å². The third-order valence-corrected chi connectivity index (χ3v) is 3.72. The maximum atomic E-state index is 8.56. The van der Waals surface area contributed by atoms with Gasteiger partial charge < -0.3 is 10.9 Å². The molecule has 0 aliphatic rings. The molecule has 17 heavy (non-hydrogen) atoms. The fourth-order valence-electron chi connectivity index (χ4n) is 1.04. The first-order valence-corrected chi connectivity index (χ1v) is 6.29. The average molecular weight is 267 g/mol. The predicted octanol–water partition coefficient (Wildman–Crippen LogP) is 1.49. The van der Waals surface area contributed by atoms with E-state index in [1.54, 1.807) is 12.3 Å². The van der Waals surface area contributed by atoms with Crippen LogP contribution in [-0.4, -0.2) is 26.0 Å². The molecule has 0 bridgehead atoms. The molecule has 2 rings (SSSR count). The number of nitrogens with two attached hydrogens (primary N) is 1. The SMILES string of the molecule is Cc1csc(Sc2nccc(/C(N)=N/O)n2)n1. The molecule has 2 aromatic heterocycles. The van der Waals surface area contributed by atoms with Crippen molar-refractivity contribution >= 4 is 28.9 Å². The van der Waals surface area contributed by atoms with E-state index in [1.807, 2.05) is 12.3 Å². The van der Waals surface area contributed by atoms with Gasteiger partial charge in [-0.05, 0) is 24.8 Å². The Morgan fingerprint density at radius 2 is 2.35 bits per heavy atom. The van der Waals surface area contributed by atoms with Crippen molar-refractivity contribution in [1.82, 2.24) is 15.0 Å². The monoisotopic (exact) mass is 267 g/mol. The molecule has 88 valence electrons. The highest BCUT2D eigenvalue weighted by Gasteiger charge is 2.07. The highest BCUT2D eigenvalue weighted by Crippen LogP contribution is 2.27. The second kappa shape index (κ2) is 5.11. The van der Waals surface area contributed by atoms with Crippen molar-refractivity contribution in [3.63, 3.8) is 0 Å². The van der Waals surface area contributed by atoms with E-state index in [0.29, 0.717) is 10.9 Å². The van der Waals surface area contributed by atoms with Crippen LogP contribution in [0, 0.1) is 6.92 Å². The second-order valence-corrected chi connectivity index (χ2v) is 5.14. The van der Waals surface area contributed by atoms with Gasteiger partial charge in [0.1, 0.15) is 5.69 Å². The Labute approximate surface area is 106 Å². The van der Waals surface area contributed by atoms with E-state index < -0.39 is 0 Å². The van der Waals surface area contributed by atoms with Gasteiger partial charge in [0.2, 0.25) is 0 Å². The summed E-state index contributed by atoms with van der Waals surface area (Å²) in [4.78, 5) is 12.5. The van der Waals surface area contributed by atoms with Gasteiger partial charge >= 0.3 is 0 Å². The molecule has 0 unspecified atom stereocenters. The maximum Gasteiger partial charge on any atom is 0.195 e. The molecule has 0 saturated heterocycles. The van der Waals surface area contributed by atoms with Crippen LogP contribution in [-0.2, 0) is 0 Å². The molecular weight excluding hydrogens is 258 g/mol. The molecular formula is C9H9N5OS2. The number of aromatic nitrogens is 3. The van der Waals surface area contributed by atoms with E-state index in [0.717, 1.165) is 10.0 Å². The standard InChI is InChI=1S/C9H9N5OS2/c1-5-4-16-9(12-5)17-8-11-3-2-6(13-8)7(10)14-15/h2-4,15H,1H3,(H2,10,14). The smallest absolute Gasteiger partial charge is 0.195 e. The second-order valence-electron chi connectivity index (χ2n) is 3.07. The number of oxime groups is 1. The summed E-state index contributed by atoms with van der Waals surface area (Å²) in [6.45, 7) is 1.92. The minimum Gasteiger partial charge on any atom is -0.409 e. The Kier molecular flexibility index (Phi) is 3.55. The molecule has 0 amide bonds. The molecule has 8 heteroatoms. The van der Waals surface area contributed by atoms with Crippen LogP contribution in [0.25, 0.3) is 0 Å². The molecule has 0 radical (unpaired) electrons. The molecule has 0 spiro atoms. The van der Waals surface area contributed by atoms with Crippen LogP contribution in [0.5, 0.6) is 0 Å². The number of hydrogen-bond donors (Lipinski definition) is 2. The number of thiazole rings is 1. The van der Waals surface area contributed by atoms with Crippen molar-refractivity contribution in [2.45, 2.75) is 16.4 Å².